The van der Waals surface area contributed by atoms with Crippen molar-refractivity contribution in [2.75, 3.05) is 18.1 Å². The molecule has 19 heavy (non-hydrogen) atoms. The number of amides is 1. The number of carbonyl (C=O) groups excluding carboxylic acids is 1. The van der Waals surface area contributed by atoms with Gasteiger partial charge < -0.3 is 10.1 Å². The van der Waals surface area contributed by atoms with Gasteiger partial charge in [-0.25, -0.2) is 13.2 Å². The minimum atomic E-state index is -3.10. The average Bonchev–Trinajstić information content (AvgIpc) is 2.23. The van der Waals surface area contributed by atoms with E-state index in [-0.39, 0.29) is 29.9 Å². The zero-order valence-electron chi connectivity index (χ0n) is 11.5. The molecule has 0 spiro atoms. The lowest BCUT2D eigenvalue weighted by Gasteiger charge is -2.27. The van der Waals surface area contributed by atoms with Gasteiger partial charge in [0, 0.05) is 12.5 Å². The van der Waals surface area contributed by atoms with E-state index < -0.39 is 21.5 Å². The summed E-state index contributed by atoms with van der Waals surface area (Å²) in [7, 11) is -3.10. The second-order valence-electron chi connectivity index (χ2n) is 5.78. The number of nitrogens with one attached hydrogen (secondary N) is 1. The molecule has 1 heterocycles. The van der Waals surface area contributed by atoms with E-state index in [1.54, 1.807) is 20.8 Å². The topological polar surface area (TPSA) is 96.3 Å². The molecule has 1 amide bonds. The lowest BCUT2D eigenvalue weighted by molar-refractivity contribution is 0.0517. The predicted molar refractivity (Wildman–Crippen MR) is 70.1 cm³/mol. The Morgan fingerprint density at radius 1 is 1.47 bits per heavy atom. The normalized spacial score (nSPS) is 26.2. The first-order valence-corrected chi connectivity index (χ1v) is 8.02. The Labute approximate surface area is 114 Å². The number of alkyl carbamates (subject to hydrolysis) is 1. The summed E-state index contributed by atoms with van der Waals surface area (Å²) >= 11 is 0. The smallest absolute Gasteiger partial charge is 0.407 e. The van der Waals surface area contributed by atoms with Crippen molar-refractivity contribution in [1.82, 2.24) is 5.32 Å². The molecule has 1 aliphatic rings. The predicted octanol–water partition coefficient (Wildman–Crippen LogP) is 1.09. The quantitative estimate of drug-likeness (QED) is 0.820. The molecule has 0 aliphatic carbocycles. The van der Waals surface area contributed by atoms with Crippen LogP contribution in [0.25, 0.3) is 0 Å². The molecule has 0 radical (unpaired) electrons. The lowest BCUT2D eigenvalue weighted by Crippen LogP contribution is -2.41. The van der Waals surface area contributed by atoms with Crippen molar-refractivity contribution in [3.63, 3.8) is 0 Å². The average molecular weight is 288 g/mol. The maximum absolute atomic E-state index is 11.5. The maximum atomic E-state index is 11.5. The van der Waals surface area contributed by atoms with Crippen LogP contribution in [0, 0.1) is 23.2 Å². The number of rotatable bonds is 2. The van der Waals surface area contributed by atoms with Crippen LogP contribution >= 0.6 is 0 Å². The Balaban J connectivity index is 2.55. The maximum Gasteiger partial charge on any atom is 0.407 e. The number of nitriles is 1. The van der Waals surface area contributed by atoms with Crippen molar-refractivity contribution >= 4 is 15.9 Å². The summed E-state index contributed by atoms with van der Waals surface area (Å²) in [5, 5.41) is 11.5. The van der Waals surface area contributed by atoms with Crippen molar-refractivity contribution in [2.45, 2.75) is 32.8 Å². The third-order valence-corrected chi connectivity index (χ3v) is 4.64. The van der Waals surface area contributed by atoms with Gasteiger partial charge in [-0.1, -0.05) is 0 Å². The van der Waals surface area contributed by atoms with Crippen LogP contribution in [0.1, 0.15) is 27.2 Å². The summed E-state index contributed by atoms with van der Waals surface area (Å²) < 4.78 is 28.2. The van der Waals surface area contributed by atoms with Crippen LogP contribution in [0.5, 0.6) is 0 Å². The Kier molecular flexibility index (Phi) is 4.80. The van der Waals surface area contributed by atoms with E-state index in [1.807, 2.05) is 0 Å². The molecule has 1 fully saturated rings. The van der Waals surface area contributed by atoms with Gasteiger partial charge in [-0.2, -0.15) is 5.26 Å². The Bertz CT molecular complexity index is 473. The highest BCUT2D eigenvalue weighted by atomic mass is 32.2. The minimum Gasteiger partial charge on any atom is -0.444 e. The Morgan fingerprint density at radius 2 is 2.11 bits per heavy atom. The first-order chi connectivity index (χ1) is 8.63. The molecule has 7 heteroatoms. The first kappa shape index (κ1) is 15.8. The van der Waals surface area contributed by atoms with E-state index >= 15 is 0 Å². The van der Waals surface area contributed by atoms with E-state index in [0.29, 0.717) is 6.42 Å². The molecule has 0 saturated carbocycles. The highest BCUT2D eigenvalue weighted by Gasteiger charge is 2.33. The molecule has 2 atom stereocenters. The summed E-state index contributed by atoms with van der Waals surface area (Å²) in [6.45, 7) is 5.38. The van der Waals surface area contributed by atoms with Crippen LogP contribution < -0.4 is 5.32 Å². The zero-order valence-corrected chi connectivity index (χ0v) is 12.3. The van der Waals surface area contributed by atoms with E-state index in [1.165, 1.54) is 0 Å². The van der Waals surface area contributed by atoms with E-state index in [0.717, 1.165) is 0 Å². The number of hydrogen-bond donors (Lipinski definition) is 1. The SMILES string of the molecule is CC(C)(C)OC(=O)NCC1CS(=O)(=O)CCC1C#N. The Morgan fingerprint density at radius 3 is 2.63 bits per heavy atom. The van der Waals surface area contributed by atoms with Crippen LogP contribution in [0.3, 0.4) is 0 Å². The molecule has 1 saturated heterocycles. The third kappa shape index (κ3) is 5.47. The number of carbonyl (C=O) groups is 1. The largest absolute Gasteiger partial charge is 0.444 e. The van der Waals surface area contributed by atoms with Crippen molar-refractivity contribution in [3.05, 3.63) is 0 Å². The molecular weight excluding hydrogens is 268 g/mol. The van der Waals surface area contributed by atoms with E-state index in [2.05, 4.69) is 11.4 Å². The van der Waals surface area contributed by atoms with Crippen LogP contribution in [-0.2, 0) is 14.6 Å². The molecule has 1 rings (SSSR count). The van der Waals surface area contributed by atoms with Gasteiger partial charge in [-0.3, -0.25) is 0 Å². The highest BCUT2D eigenvalue weighted by Crippen LogP contribution is 2.24. The van der Waals surface area contributed by atoms with Gasteiger partial charge in [0.1, 0.15) is 5.60 Å². The van der Waals surface area contributed by atoms with Gasteiger partial charge in [0.15, 0.2) is 9.84 Å². The highest BCUT2D eigenvalue weighted by molar-refractivity contribution is 7.91. The molecule has 108 valence electrons. The summed E-state index contributed by atoms with van der Waals surface area (Å²) in [6, 6.07) is 2.11. The molecule has 0 aromatic heterocycles. The molecule has 0 aromatic rings. The fourth-order valence-corrected chi connectivity index (χ4v) is 3.75. The van der Waals surface area contributed by atoms with Crippen molar-refractivity contribution in [2.24, 2.45) is 11.8 Å². The van der Waals surface area contributed by atoms with Crippen molar-refractivity contribution in [1.29, 1.82) is 5.26 Å². The van der Waals surface area contributed by atoms with Crippen molar-refractivity contribution < 1.29 is 17.9 Å². The third-order valence-electron chi connectivity index (χ3n) is 2.85. The molecule has 0 bridgehead atoms. The van der Waals surface area contributed by atoms with Crippen LogP contribution in [0.4, 0.5) is 4.79 Å². The van der Waals surface area contributed by atoms with Crippen molar-refractivity contribution in [3.8, 4) is 6.07 Å². The van der Waals surface area contributed by atoms with Gasteiger partial charge in [-0.15, -0.1) is 0 Å². The molecule has 1 aliphatic heterocycles. The first-order valence-electron chi connectivity index (χ1n) is 6.20. The molecule has 6 nitrogen and oxygen atoms in total. The summed E-state index contributed by atoms with van der Waals surface area (Å²) in [5.41, 5.74) is -0.600. The summed E-state index contributed by atoms with van der Waals surface area (Å²) in [4.78, 5) is 11.5. The van der Waals surface area contributed by atoms with Gasteiger partial charge in [0.25, 0.3) is 0 Å². The molecule has 1 N–H and O–H groups in total. The number of ether oxygens (including phenoxy) is 1. The second-order valence-corrected chi connectivity index (χ2v) is 8.01. The number of sulfone groups is 1. The standard InChI is InChI=1S/C12H20N2O4S/c1-12(2,3)18-11(15)14-7-10-8-19(16,17)5-4-9(10)6-13/h9-10H,4-5,7-8H2,1-3H3,(H,14,15). The van der Waals surface area contributed by atoms with Gasteiger partial charge in [0.2, 0.25) is 0 Å². The van der Waals surface area contributed by atoms with E-state index in [9.17, 15) is 13.2 Å². The van der Waals surface area contributed by atoms with E-state index in [4.69, 9.17) is 10.00 Å². The molecule has 2 unspecified atom stereocenters. The Hall–Kier alpha value is -1.29. The monoisotopic (exact) mass is 288 g/mol. The number of hydrogen-bond acceptors (Lipinski definition) is 5. The van der Waals surface area contributed by atoms with Gasteiger partial charge in [0.05, 0.1) is 23.5 Å². The lowest BCUT2D eigenvalue weighted by atomic mass is 9.92. The second kappa shape index (κ2) is 5.78. The number of nitrogens with zero attached hydrogens (tertiary/aromatic N) is 1. The van der Waals surface area contributed by atoms with Crippen LogP contribution in [-0.4, -0.2) is 38.2 Å². The fraction of sp³-hybridized carbons (Fsp3) is 0.833. The summed E-state index contributed by atoms with van der Waals surface area (Å²) in [6.07, 6.45) is -0.258. The minimum absolute atomic E-state index is 0.0498. The van der Waals surface area contributed by atoms with Crippen LogP contribution in [0.2, 0.25) is 0 Å². The van der Waals surface area contributed by atoms with Gasteiger partial charge >= 0.3 is 6.09 Å². The molecular formula is C12H20N2O4S. The summed E-state index contributed by atoms with van der Waals surface area (Å²) in [5.74, 6) is -0.704. The molecule has 0 aromatic carbocycles. The van der Waals surface area contributed by atoms with Gasteiger partial charge in [-0.05, 0) is 27.2 Å². The fourth-order valence-electron chi connectivity index (χ4n) is 1.97. The zero-order chi connectivity index (χ0) is 14.7. The van der Waals surface area contributed by atoms with Crippen LogP contribution in [0.15, 0.2) is 0 Å².